The fraction of sp³-hybridized carbons (Fsp3) is 1.00. The molecule has 1 aliphatic rings. The molecule has 18 heavy (non-hydrogen) atoms. The number of hydrogen-bond acceptors (Lipinski definition) is 0. The van der Waals surface area contributed by atoms with E-state index in [0.717, 1.165) is 5.92 Å². The van der Waals surface area contributed by atoms with Crippen LogP contribution in [0.2, 0.25) is 0 Å². The van der Waals surface area contributed by atoms with Crippen molar-refractivity contribution in [3.63, 3.8) is 0 Å². The van der Waals surface area contributed by atoms with Crippen LogP contribution >= 0.6 is 22.6 Å². The highest BCUT2D eigenvalue weighted by atomic mass is 127. The lowest BCUT2D eigenvalue weighted by atomic mass is 9.99. The average Bonchev–Trinajstić information content (AvgIpc) is 2.89. The van der Waals surface area contributed by atoms with Gasteiger partial charge in [-0.05, 0) is 16.8 Å². The van der Waals surface area contributed by atoms with E-state index in [1.54, 1.807) is 0 Å². The van der Waals surface area contributed by atoms with Gasteiger partial charge in [0, 0.05) is 0 Å². The SMILES string of the molecule is ICCCCCCCCCCCCC1CCCC1. The minimum Gasteiger partial charge on any atom is -0.0864 e. The van der Waals surface area contributed by atoms with Crippen molar-refractivity contribution in [2.45, 2.75) is 96.3 Å². The third-order valence-corrected chi connectivity index (χ3v) is 5.23. The van der Waals surface area contributed by atoms with E-state index in [0.29, 0.717) is 0 Å². The Balaban J connectivity index is 1.68. The van der Waals surface area contributed by atoms with Crippen LogP contribution in [-0.2, 0) is 0 Å². The molecule has 0 aliphatic heterocycles. The van der Waals surface area contributed by atoms with Crippen LogP contribution in [0.3, 0.4) is 0 Å². The molecule has 1 rings (SSSR count). The fourth-order valence-electron chi connectivity index (χ4n) is 3.24. The first-order valence-electron chi connectivity index (χ1n) is 8.49. The number of halogens is 1. The van der Waals surface area contributed by atoms with Gasteiger partial charge in [0.2, 0.25) is 0 Å². The molecule has 0 aromatic carbocycles. The van der Waals surface area contributed by atoms with Crippen molar-refractivity contribution in [3.8, 4) is 0 Å². The molecular formula is C17H33I. The Morgan fingerprint density at radius 1 is 0.611 bits per heavy atom. The monoisotopic (exact) mass is 364 g/mol. The number of unbranched alkanes of at least 4 members (excludes halogenated alkanes) is 9. The van der Waals surface area contributed by atoms with Gasteiger partial charge < -0.3 is 0 Å². The van der Waals surface area contributed by atoms with Gasteiger partial charge in [0.1, 0.15) is 0 Å². The lowest BCUT2D eigenvalue weighted by Gasteiger charge is -2.07. The summed E-state index contributed by atoms with van der Waals surface area (Å²) >= 11 is 2.49. The molecule has 1 saturated carbocycles. The molecule has 0 heterocycles. The maximum absolute atomic E-state index is 2.49. The predicted octanol–water partition coefficient (Wildman–Crippen LogP) is 6.90. The zero-order chi connectivity index (χ0) is 12.9. The largest absolute Gasteiger partial charge is 0.0864 e. The van der Waals surface area contributed by atoms with Gasteiger partial charge in [-0.25, -0.2) is 0 Å². The molecule has 0 radical (unpaired) electrons. The lowest BCUT2D eigenvalue weighted by Crippen LogP contribution is -1.92. The highest BCUT2D eigenvalue weighted by Gasteiger charge is 2.13. The molecular weight excluding hydrogens is 331 g/mol. The van der Waals surface area contributed by atoms with E-state index in [4.69, 9.17) is 0 Å². The molecule has 0 bridgehead atoms. The Bertz CT molecular complexity index is 161. The van der Waals surface area contributed by atoms with Crippen molar-refractivity contribution in [1.82, 2.24) is 0 Å². The van der Waals surface area contributed by atoms with Crippen LogP contribution in [0.4, 0.5) is 0 Å². The van der Waals surface area contributed by atoms with Crippen LogP contribution in [0, 0.1) is 5.92 Å². The van der Waals surface area contributed by atoms with E-state index in [9.17, 15) is 0 Å². The molecule has 1 fully saturated rings. The normalized spacial score (nSPS) is 16.5. The third kappa shape index (κ3) is 9.63. The average molecular weight is 364 g/mol. The quantitative estimate of drug-likeness (QED) is 0.201. The molecule has 0 atom stereocenters. The first-order chi connectivity index (χ1) is 8.93. The molecule has 0 amide bonds. The summed E-state index contributed by atoms with van der Waals surface area (Å²) in [5, 5.41) is 0. The zero-order valence-electron chi connectivity index (χ0n) is 12.3. The van der Waals surface area contributed by atoms with Crippen LogP contribution in [-0.4, -0.2) is 4.43 Å². The predicted molar refractivity (Wildman–Crippen MR) is 91.6 cm³/mol. The van der Waals surface area contributed by atoms with Crippen LogP contribution in [0.1, 0.15) is 96.3 Å². The first-order valence-corrected chi connectivity index (χ1v) is 10.0. The standard InChI is InChI=1S/C17H33I/c18-16-12-8-6-4-2-1-3-5-7-9-13-17-14-10-11-15-17/h17H,1-16H2. The Morgan fingerprint density at radius 3 is 1.56 bits per heavy atom. The molecule has 0 spiro atoms. The first kappa shape index (κ1) is 16.8. The van der Waals surface area contributed by atoms with Crippen molar-refractivity contribution < 1.29 is 0 Å². The van der Waals surface area contributed by atoms with Gasteiger partial charge in [-0.1, -0.05) is 112 Å². The van der Waals surface area contributed by atoms with Gasteiger partial charge in [-0.3, -0.25) is 0 Å². The highest BCUT2D eigenvalue weighted by molar-refractivity contribution is 14.1. The zero-order valence-corrected chi connectivity index (χ0v) is 14.4. The number of hydrogen-bond donors (Lipinski definition) is 0. The van der Waals surface area contributed by atoms with Crippen molar-refractivity contribution >= 4 is 22.6 Å². The summed E-state index contributed by atoms with van der Waals surface area (Å²) in [6.45, 7) is 0. The molecule has 0 aromatic rings. The second-order valence-corrected chi connectivity index (χ2v) is 7.24. The summed E-state index contributed by atoms with van der Waals surface area (Å²) in [6, 6.07) is 0. The lowest BCUT2D eigenvalue weighted by molar-refractivity contribution is 0.460. The van der Waals surface area contributed by atoms with E-state index >= 15 is 0 Å². The fourth-order valence-corrected chi connectivity index (χ4v) is 3.78. The van der Waals surface area contributed by atoms with Crippen molar-refractivity contribution in [1.29, 1.82) is 0 Å². The van der Waals surface area contributed by atoms with Gasteiger partial charge in [0.05, 0.1) is 0 Å². The van der Waals surface area contributed by atoms with Crippen LogP contribution < -0.4 is 0 Å². The van der Waals surface area contributed by atoms with E-state index in [-0.39, 0.29) is 0 Å². The van der Waals surface area contributed by atoms with Crippen LogP contribution in [0.15, 0.2) is 0 Å². The maximum atomic E-state index is 2.49. The van der Waals surface area contributed by atoms with E-state index in [1.165, 1.54) is 101 Å². The Morgan fingerprint density at radius 2 is 1.06 bits per heavy atom. The van der Waals surface area contributed by atoms with Crippen molar-refractivity contribution in [2.75, 3.05) is 4.43 Å². The summed E-state index contributed by atoms with van der Waals surface area (Å²) in [7, 11) is 0. The topological polar surface area (TPSA) is 0 Å². The summed E-state index contributed by atoms with van der Waals surface area (Å²) in [5.41, 5.74) is 0. The Kier molecular flexibility index (Phi) is 11.9. The molecule has 0 nitrogen and oxygen atoms in total. The van der Waals surface area contributed by atoms with Crippen molar-refractivity contribution in [2.24, 2.45) is 5.92 Å². The molecule has 0 unspecified atom stereocenters. The van der Waals surface area contributed by atoms with E-state index in [1.807, 2.05) is 0 Å². The summed E-state index contributed by atoms with van der Waals surface area (Å²) < 4.78 is 1.35. The second kappa shape index (κ2) is 12.7. The minimum atomic E-state index is 1.11. The summed E-state index contributed by atoms with van der Waals surface area (Å²) in [6.07, 6.45) is 22.5. The third-order valence-electron chi connectivity index (χ3n) is 4.47. The van der Waals surface area contributed by atoms with Gasteiger partial charge in [0.25, 0.3) is 0 Å². The molecule has 1 heteroatoms. The van der Waals surface area contributed by atoms with Crippen LogP contribution in [0.5, 0.6) is 0 Å². The summed E-state index contributed by atoms with van der Waals surface area (Å²) in [5.74, 6) is 1.11. The van der Waals surface area contributed by atoms with E-state index < -0.39 is 0 Å². The van der Waals surface area contributed by atoms with E-state index in [2.05, 4.69) is 22.6 Å². The molecule has 1 aliphatic carbocycles. The molecule has 0 N–H and O–H groups in total. The van der Waals surface area contributed by atoms with Gasteiger partial charge in [-0.15, -0.1) is 0 Å². The van der Waals surface area contributed by atoms with Gasteiger partial charge >= 0.3 is 0 Å². The van der Waals surface area contributed by atoms with Crippen LogP contribution in [0.25, 0.3) is 0 Å². The van der Waals surface area contributed by atoms with Gasteiger partial charge in [0.15, 0.2) is 0 Å². The molecule has 108 valence electrons. The Labute approximate surface area is 129 Å². The second-order valence-electron chi connectivity index (χ2n) is 6.16. The highest BCUT2D eigenvalue weighted by Crippen LogP contribution is 2.29. The summed E-state index contributed by atoms with van der Waals surface area (Å²) in [4.78, 5) is 0. The smallest absolute Gasteiger partial charge is 0.000473 e. The number of alkyl halides is 1. The Hall–Kier alpha value is 0.730. The maximum Gasteiger partial charge on any atom is -0.000473 e. The van der Waals surface area contributed by atoms with Gasteiger partial charge in [-0.2, -0.15) is 0 Å². The number of rotatable bonds is 12. The van der Waals surface area contributed by atoms with Crippen molar-refractivity contribution in [3.05, 3.63) is 0 Å². The molecule has 0 saturated heterocycles. The minimum absolute atomic E-state index is 1.11. The molecule has 0 aromatic heterocycles.